The lowest BCUT2D eigenvalue weighted by molar-refractivity contribution is -0.396. The number of rotatable bonds is 6. The van der Waals surface area contributed by atoms with Gasteiger partial charge in [-0.05, 0) is 6.07 Å². The van der Waals surface area contributed by atoms with E-state index in [2.05, 4.69) is 4.74 Å². The largest absolute Gasteiger partial charge is 0.455 e. The summed E-state index contributed by atoms with van der Waals surface area (Å²) in [4.78, 5) is 30.0. The maximum atomic E-state index is 11.9. The molecular weight excluding hydrogens is 349 g/mol. The summed E-state index contributed by atoms with van der Waals surface area (Å²) < 4.78 is 51.2. The first-order valence-corrected chi connectivity index (χ1v) is 6.86. The van der Waals surface area contributed by atoms with Crippen molar-refractivity contribution in [2.24, 2.45) is 0 Å². The fourth-order valence-corrected chi connectivity index (χ4v) is 2.38. The number of nitro groups is 2. The number of hydrogen-bond donors (Lipinski definition) is 0. The second-order valence-corrected chi connectivity index (χ2v) is 5.35. The van der Waals surface area contributed by atoms with Gasteiger partial charge in [-0.15, -0.1) is 0 Å². The number of nitro benzene ring substituents is 2. The summed E-state index contributed by atoms with van der Waals surface area (Å²) in [5.74, 6) is -2.54. The molecule has 23 heavy (non-hydrogen) atoms. The fourth-order valence-electron chi connectivity index (χ4n) is 1.34. The molecule has 1 aromatic rings. The molecule has 0 radical (unpaired) electrons. The SMILES string of the molecule is O=C(CS(=O)c1ccc([N+](=O)[O-])cc1[N+](=O)[O-])OCC(F)(F)F. The van der Waals surface area contributed by atoms with Crippen molar-refractivity contribution in [2.45, 2.75) is 11.1 Å². The molecule has 0 aliphatic heterocycles. The van der Waals surface area contributed by atoms with Gasteiger partial charge in [0.05, 0.1) is 26.7 Å². The van der Waals surface area contributed by atoms with Gasteiger partial charge in [0.15, 0.2) is 6.61 Å². The van der Waals surface area contributed by atoms with Crippen LogP contribution in [0.1, 0.15) is 0 Å². The van der Waals surface area contributed by atoms with E-state index in [9.17, 15) is 42.4 Å². The Labute approximate surface area is 127 Å². The zero-order chi connectivity index (χ0) is 17.8. The van der Waals surface area contributed by atoms with Gasteiger partial charge in [0.1, 0.15) is 10.6 Å². The minimum absolute atomic E-state index is 0.536. The molecule has 0 amide bonds. The van der Waals surface area contributed by atoms with Crippen molar-refractivity contribution in [2.75, 3.05) is 12.4 Å². The average molecular weight is 356 g/mol. The third-order valence-corrected chi connectivity index (χ3v) is 3.57. The standard InChI is InChI=1S/C10H7F3N2O7S/c11-10(12,13)5-22-9(16)4-23(21)8-2-1-6(14(17)18)3-7(8)15(19)20/h1-3H,4-5H2. The molecule has 0 saturated carbocycles. The van der Waals surface area contributed by atoms with Gasteiger partial charge in [-0.2, -0.15) is 13.2 Å². The summed E-state index contributed by atoms with van der Waals surface area (Å²) in [7, 11) is -2.40. The highest BCUT2D eigenvalue weighted by Crippen LogP contribution is 2.27. The summed E-state index contributed by atoms with van der Waals surface area (Å²) in [5.41, 5.74) is -1.53. The van der Waals surface area contributed by atoms with E-state index in [4.69, 9.17) is 0 Å². The molecule has 0 saturated heterocycles. The molecule has 1 rings (SSSR count). The molecule has 9 nitrogen and oxygen atoms in total. The van der Waals surface area contributed by atoms with Crippen molar-refractivity contribution >= 4 is 28.1 Å². The van der Waals surface area contributed by atoms with Crippen LogP contribution in [0.15, 0.2) is 23.1 Å². The topological polar surface area (TPSA) is 130 Å². The lowest BCUT2D eigenvalue weighted by Gasteiger charge is -2.07. The van der Waals surface area contributed by atoms with E-state index < -0.39 is 61.4 Å². The lowest BCUT2D eigenvalue weighted by atomic mass is 10.3. The number of nitrogens with zero attached hydrogens (tertiary/aromatic N) is 2. The molecule has 1 unspecified atom stereocenters. The zero-order valence-corrected chi connectivity index (χ0v) is 11.8. The second-order valence-electron chi connectivity index (χ2n) is 3.93. The van der Waals surface area contributed by atoms with Crippen LogP contribution in [0.4, 0.5) is 24.5 Å². The number of non-ortho nitro benzene ring substituents is 1. The Bertz CT molecular complexity index is 677. The van der Waals surface area contributed by atoms with Gasteiger partial charge in [0.25, 0.3) is 11.4 Å². The van der Waals surface area contributed by atoms with Crippen LogP contribution in [0.25, 0.3) is 0 Å². The Balaban J connectivity index is 2.93. The molecule has 13 heteroatoms. The Morgan fingerprint density at radius 1 is 1.22 bits per heavy atom. The summed E-state index contributed by atoms with van der Waals surface area (Å²) in [6.45, 7) is -1.88. The van der Waals surface area contributed by atoms with Crippen molar-refractivity contribution in [3.63, 3.8) is 0 Å². The lowest BCUT2D eigenvalue weighted by Crippen LogP contribution is -2.23. The predicted molar refractivity (Wildman–Crippen MR) is 68.0 cm³/mol. The fraction of sp³-hybridized carbons (Fsp3) is 0.300. The summed E-state index contributed by atoms with van der Waals surface area (Å²) in [5, 5.41) is 21.4. The molecule has 0 heterocycles. The van der Waals surface area contributed by atoms with Gasteiger partial charge >= 0.3 is 12.1 Å². The highest BCUT2D eigenvalue weighted by molar-refractivity contribution is 7.85. The number of halogens is 3. The number of alkyl halides is 3. The van der Waals surface area contributed by atoms with Gasteiger partial charge < -0.3 is 4.74 Å². The van der Waals surface area contributed by atoms with Crippen LogP contribution in [-0.4, -0.2) is 38.6 Å². The van der Waals surface area contributed by atoms with Gasteiger partial charge in [0, 0.05) is 6.07 Å². The van der Waals surface area contributed by atoms with Crippen LogP contribution >= 0.6 is 0 Å². The molecule has 0 bridgehead atoms. The van der Waals surface area contributed by atoms with E-state index in [0.717, 1.165) is 12.1 Å². The van der Waals surface area contributed by atoms with Crippen molar-refractivity contribution in [1.82, 2.24) is 0 Å². The Morgan fingerprint density at radius 3 is 2.30 bits per heavy atom. The number of hydrogen-bond acceptors (Lipinski definition) is 7. The molecule has 1 aromatic carbocycles. The van der Waals surface area contributed by atoms with Crippen LogP contribution in [0.3, 0.4) is 0 Å². The first-order valence-electron chi connectivity index (χ1n) is 5.55. The van der Waals surface area contributed by atoms with Crippen LogP contribution < -0.4 is 0 Å². The second kappa shape index (κ2) is 7.13. The minimum Gasteiger partial charge on any atom is -0.455 e. The van der Waals surface area contributed by atoms with Gasteiger partial charge in [0.2, 0.25) is 0 Å². The van der Waals surface area contributed by atoms with Gasteiger partial charge in [-0.1, -0.05) is 0 Å². The molecule has 0 spiro atoms. The predicted octanol–water partition coefficient (Wildman–Crippen LogP) is 1.72. The van der Waals surface area contributed by atoms with E-state index in [1.807, 2.05) is 0 Å². The van der Waals surface area contributed by atoms with Gasteiger partial charge in [-0.3, -0.25) is 29.2 Å². The Kier molecular flexibility index (Phi) is 5.73. The molecule has 0 aliphatic carbocycles. The van der Waals surface area contributed by atoms with E-state index in [1.165, 1.54) is 0 Å². The van der Waals surface area contributed by atoms with Crippen molar-refractivity contribution in [3.8, 4) is 0 Å². The number of esters is 1. The highest BCUT2D eigenvalue weighted by Gasteiger charge is 2.30. The molecular formula is C10H7F3N2O7S. The monoisotopic (exact) mass is 356 g/mol. The average Bonchev–Trinajstić information content (AvgIpc) is 2.43. The van der Waals surface area contributed by atoms with E-state index in [1.54, 1.807) is 0 Å². The van der Waals surface area contributed by atoms with E-state index in [-0.39, 0.29) is 0 Å². The third-order valence-electron chi connectivity index (χ3n) is 2.24. The first kappa shape index (κ1) is 18.5. The van der Waals surface area contributed by atoms with Crippen LogP contribution in [0.2, 0.25) is 0 Å². The summed E-state index contributed by atoms with van der Waals surface area (Å²) >= 11 is 0. The molecule has 0 fully saturated rings. The van der Waals surface area contributed by atoms with Gasteiger partial charge in [-0.25, -0.2) is 0 Å². The number of benzene rings is 1. The quantitative estimate of drug-likeness (QED) is 0.431. The van der Waals surface area contributed by atoms with Crippen LogP contribution in [-0.2, 0) is 20.3 Å². The number of ether oxygens (including phenoxy) is 1. The Hall–Kier alpha value is -2.57. The van der Waals surface area contributed by atoms with E-state index in [0.29, 0.717) is 6.07 Å². The third kappa shape index (κ3) is 5.61. The van der Waals surface area contributed by atoms with Crippen molar-refractivity contribution in [3.05, 3.63) is 38.4 Å². The smallest absolute Gasteiger partial charge is 0.422 e. The summed E-state index contributed by atoms with van der Waals surface area (Å²) in [6, 6.07) is 2.15. The maximum absolute atomic E-state index is 11.9. The molecule has 0 aliphatic rings. The van der Waals surface area contributed by atoms with Crippen LogP contribution in [0.5, 0.6) is 0 Å². The van der Waals surface area contributed by atoms with Crippen LogP contribution in [0, 0.1) is 20.2 Å². The maximum Gasteiger partial charge on any atom is 0.422 e. The normalized spacial score (nSPS) is 12.5. The highest BCUT2D eigenvalue weighted by atomic mass is 32.2. The van der Waals surface area contributed by atoms with E-state index >= 15 is 0 Å². The molecule has 1 atom stereocenters. The number of carbonyl (C=O) groups is 1. The molecule has 0 aromatic heterocycles. The first-order chi connectivity index (χ1) is 10.5. The molecule has 0 N–H and O–H groups in total. The summed E-state index contributed by atoms with van der Waals surface area (Å²) in [6.07, 6.45) is -4.77. The minimum atomic E-state index is -4.77. The number of carbonyl (C=O) groups excluding carboxylic acids is 1. The van der Waals surface area contributed by atoms with Crippen molar-refractivity contribution in [1.29, 1.82) is 0 Å². The molecule has 126 valence electrons. The zero-order valence-electron chi connectivity index (χ0n) is 10.9. The Morgan fingerprint density at radius 2 is 1.83 bits per heavy atom. The van der Waals surface area contributed by atoms with Crippen molar-refractivity contribution < 1.29 is 36.8 Å².